The van der Waals surface area contributed by atoms with Crippen LogP contribution in [0, 0.1) is 19.7 Å². The van der Waals surface area contributed by atoms with E-state index in [0.717, 1.165) is 29.3 Å². The Morgan fingerprint density at radius 2 is 2.00 bits per heavy atom. The molecule has 2 aromatic rings. The van der Waals surface area contributed by atoms with Crippen molar-refractivity contribution in [3.05, 3.63) is 45.7 Å². The molecule has 5 heteroatoms. The predicted octanol–water partition coefficient (Wildman–Crippen LogP) is 4.21. The fourth-order valence-corrected chi connectivity index (χ4v) is 4.02. The molecular formula is C16H21FN2S2. The van der Waals surface area contributed by atoms with Gasteiger partial charge in [0.2, 0.25) is 0 Å². The van der Waals surface area contributed by atoms with Crippen LogP contribution in [-0.2, 0) is 6.42 Å². The van der Waals surface area contributed by atoms with Crippen molar-refractivity contribution in [2.45, 2.75) is 38.1 Å². The Bertz CT molecular complexity index is 547. The van der Waals surface area contributed by atoms with Gasteiger partial charge in [0.15, 0.2) is 0 Å². The van der Waals surface area contributed by atoms with Gasteiger partial charge in [-0.25, -0.2) is 9.37 Å². The molecule has 0 spiro atoms. The lowest BCUT2D eigenvalue weighted by Crippen LogP contribution is -2.33. The first-order valence-corrected chi connectivity index (χ1v) is 8.93. The Balaban J connectivity index is 1.93. The van der Waals surface area contributed by atoms with Crippen LogP contribution in [-0.4, -0.2) is 23.3 Å². The van der Waals surface area contributed by atoms with E-state index in [1.54, 1.807) is 23.1 Å². The molecule has 1 aromatic heterocycles. The van der Waals surface area contributed by atoms with Gasteiger partial charge >= 0.3 is 0 Å². The highest BCUT2D eigenvalue weighted by atomic mass is 32.2. The first-order chi connectivity index (χ1) is 10.1. The highest BCUT2D eigenvalue weighted by Crippen LogP contribution is 2.22. The Morgan fingerprint density at radius 3 is 2.57 bits per heavy atom. The second-order valence-corrected chi connectivity index (χ2v) is 7.35. The standard InChI is InChI=1S/C16H21FN2S2/c1-4-18-14(9-16-19-11(2)12(3)21-16)10-20-15-7-5-13(17)6-8-15/h5-8,14,18H,4,9-10H2,1-3H3. The third-order valence-electron chi connectivity index (χ3n) is 3.25. The highest BCUT2D eigenvalue weighted by Gasteiger charge is 2.13. The van der Waals surface area contributed by atoms with Gasteiger partial charge in [-0.15, -0.1) is 23.1 Å². The molecule has 1 unspecified atom stereocenters. The van der Waals surface area contributed by atoms with Crippen molar-refractivity contribution in [2.75, 3.05) is 12.3 Å². The molecule has 0 fully saturated rings. The van der Waals surface area contributed by atoms with Crippen LogP contribution in [0.25, 0.3) is 0 Å². The lowest BCUT2D eigenvalue weighted by Gasteiger charge is -2.16. The normalized spacial score (nSPS) is 12.6. The number of halogens is 1. The van der Waals surface area contributed by atoms with Gasteiger partial charge in [0.25, 0.3) is 0 Å². The molecule has 0 saturated carbocycles. The minimum atomic E-state index is -0.184. The number of likely N-dealkylation sites (N-methyl/N-ethyl adjacent to an activating group) is 1. The van der Waals surface area contributed by atoms with Crippen molar-refractivity contribution < 1.29 is 4.39 Å². The van der Waals surface area contributed by atoms with E-state index >= 15 is 0 Å². The molecule has 2 rings (SSSR count). The Hall–Kier alpha value is -0.910. The van der Waals surface area contributed by atoms with E-state index in [1.165, 1.54) is 22.0 Å². The number of thiazole rings is 1. The van der Waals surface area contributed by atoms with E-state index in [0.29, 0.717) is 6.04 Å². The van der Waals surface area contributed by atoms with Gasteiger partial charge in [0, 0.05) is 28.0 Å². The number of aryl methyl sites for hydroxylation is 2. The number of hydrogen-bond donors (Lipinski definition) is 1. The highest BCUT2D eigenvalue weighted by molar-refractivity contribution is 7.99. The van der Waals surface area contributed by atoms with Crippen molar-refractivity contribution >= 4 is 23.1 Å². The summed E-state index contributed by atoms with van der Waals surface area (Å²) in [6.07, 6.45) is 0.946. The van der Waals surface area contributed by atoms with Crippen LogP contribution in [0.2, 0.25) is 0 Å². The first kappa shape index (κ1) is 16.5. The molecule has 21 heavy (non-hydrogen) atoms. The monoisotopic (exact) mass is 324 g/mol. The molecule has 114 valence electrons. The second kappa shape index (κ2) is 7.92. The number of rotatable bonds is 7. The van der Waals surface area contributed by atoms with Crippen LogP contribution in [0.3, 0.4) is 0 Å². The Morgan fingerprint density at radius 1 is 1.29 bits per heavy atom. The zero-order valence-corrected chi connectivity index (χ0v) is 14.3. The van der Waals surface area contributed by atoms with Gasteiger partial charge in [-0.3, -0.25) is 0 Å². The minimum Gasteiger partial charge on any atom is -0.313 e. The molecule has 0 aliphatic rings. The van der Waals surface area contributed by atoms with Gasteiger partial charge in [-0.05, 0) is 44.7 Å². The first-order valence-electron chi connectivity index (χ1n) is 7.13. The molecule has 0 aliphatic carbocycles. The van der Waals surface area contributed by atoms with E-state index in [9.17, 15) is 4.39 Å². The summed E-state index contributed by atoms with van der Waals surface area (Å²) in [5.74, 6) is 0.772. The molecule has 0 aliphatic heterocycles. The molecule has 2 nitrogen and oxygen atoms in total. The van der Waals surface area contributed by atoms with Crippen LogP contribution in [0.5, 0.6) is 0 Å². The summed E-state index contributed by atoms with van der Waals surface area (Å²) in [6, 6.07) is 7.08. The van der Waals surface area contributed by atoms with Gasteiger partial charge in [-0.1, -0.05) is 6.92 Å². The van der Waals surface area contributed by atoms with Gasteiger partial charge < -0.3 is 5.32 Å². The van der Waals surface area contributed by atoms with Crippen LogP contribution in [0.1, 0.15) is 22.5 Å². The van der Waals surface area contributed by atoms with Crippen molar-refractivity contribution in [2.24, 2.45) is 0 Å². The zero-order valence-electron chi connectivity index (χ0n) is 12.6. The molecule has 1 N–H and O–H groups in total. The van der Waals surface area contributed by atoms with E-state index in [4.69, 9.17) is 0 Å². The fraction of sp³-hybridized carbons (Fsp3) is 0.438. The fourth-order valence-electron chi connectivity index (χ4n) is 2.04. The van der Waals surface area contributed by atoms with Crippen LogP contribution in [0.15, 0.2) is 29.2 Å². The van der Waals surface area contributed by atoms with E-state index in [2.05, 4.69) is 31.1 Å². The summed E-state index contributed by atoms with van der Waals surface area (Å²) in [7, 11) is 0. The third kappa shape index (κ3) is 5.09. The molecule has 0 bridgehead atoms. The topological polar surface area (TPSA) is 24.9 Å². The van der Waals surface area contributed by atoms with Crippen molar-refractivity contribution in [1.82, 2.24) is 10.3 Å². The van der Waals surface area contributed by atoms with Gasteiger partial charge in [-0.2, -0.15) is 0 Å². The maximum absolute atomic E-state index is 12.9. The number of benzene rings is 1. The van der Waals surface area contributed by atoms with Crippen LogP contribution < -0.4 is 5.32 Å². The lowest BCUT2D eigenvalue weighted by atomic mass is 10.2. The van der Waals surface area contributed by atoms with Gasteiger partial charge in [0.05, 0.1) is 10.7 Å². The average Bonchev–Trinajstić information content (AvgIpc) is 2.76. The quantitative estimate of drug-likeness (QED) is 0.772. The minimum absolute atomic E-state index is 0.184. The molecule has 0 saturated heterocycles. The molecule has 0 radical (unpaired) electrons. The number of thioether (sulfide) groups is 1. The summed E-state index contributed by atoms with van der Waals surface area (Å²) in [6.45, 7) is 7.24. The Kier molecular flexibility index (Phi) is 6.21. The average molecular weight is 324 g/mol. The number of nitrogens with zero attached hydrogens (tertiary/aromatic N) is 1. The van der Waals surface area contributed by atoms with Crippen LogP contribution in [0.4, 0.5) is 4.39 Å². The van der Waals surface area contributed by atoms with Crippen molar-refractivity contribution in [3.63, 3.8) is 0 Å². The molecular weight excluding hydrogens is 303 g/mol. The summed E-state index contributed by atoms with van der Waals surface area (Å²) >= 11 is 3.54. The smallest absolute Gasteiger partial charge is 0.123 e. The maximum Gasteiger partial charge on any atom is 0.123 e. The van der Waals surface area contributed by atoms with Crippen molar-refractivity contribution in [3.8, 4) is 0 Å². The summed E-state index contributed by atoms with van der Waals surface area (Å²) in [4.78, 5) is 7.02. The lowest BCUT2D eigenvalue weighted by molar-refractivity contribution is 0.571. The van der Waals surface area contributed by atoms with Crippen LogP contribution >= 0.6 is 23.1 Å². The SMILES string of the molecule is CCNC(CSc1ccc(F)cc1)Cc1nc(C)c(C)s1. The molecule has 0 amide bonds. The molecule has 1 aromatic carbocycles. The molecule has 1 atom stereocenters. The second-order valence-electron chi connectivity index (χ2n) is 4.97. The summed E-state index contributed by atoms with van der Waals surface area (Å²) in [5, 5.41) is 4.70. The third-order valence-corrected chi connectivity index (χ3v) is 5.52. The largest absolute Gasteiger partial charge is 0.313 e. The summed E-state index contributed by atoms with van der Waals surface area (Å²) < 4.78 is 12.9. The number of aromatic nitrogens is 1. The van der Waals surface area contributed by atoms with E-state index < -0.39 is 0 Å². The Labute approximate surface area is 134 Å². The predicted molar refractivity (Wildman–Crippen MR) is 89.9 cm³/mol. The number of nitrogens with one attached hydrogen (secondary N) is 1. The maximum atomic E-state index is 12.9. The van der Waals surface area contributed by atoms with E-state index in [-0.39, 0.29) is 5.82 Å². The zero-order chi connectivity index (χ0) is 15.2. The molecule has 1 heterocycles. The van der Waals surface area contributed by atoms with Crippen molar-refractivity contribution in [1.29, 1.82) is 0 Å². The van der Waals surface area contributed by atoms with Gasteiger partial charge in [0.1, 0.15) is 5.82 Å². The summed E-state index contributed by atoms with van der Waals surface area (Å²) in [5.41, 5.74) is 1.14. The van der Waals surface area contributed by atoms with E-state index in [1.807, 2.05) is 12.1 Å². The number of hydrogen-bond acceptors (Lipinski definition) is 4.